The summed E-state index contributed by atoms with van der Waals surface area (Å²) in [5.74, 6) is -2.38. The monoisotopic (exact) mass is 607 g/mol. The first kappa shape index (κ1) is 34.1. The lowest BCUT2D eigenvalue weighted by atomic mass is 10.0. The average molecular weight is 608 g/mol. The zero-order chi connectivity index (χ0) is 30.9. The van der Waals surface area contributed by atoms with E-state index in [-0.39, 0.29) is 36.5 Å². The Labute approximate surface area is 250 Å². The van der Waals surface area contributed by atoms with E-state index < -0.39 is 29.7 Å². The van der Waals surface area contributed by atoms with Gasteiger partial charge in [0.2, 0.25) is 11.8 Å². The van der Waals surface area contributed by atoms with Crippen LogP contribution in [0.4, 0.5) is 5.69 Å². The summed E-state index contributed by atoms with van der Waals surface area (Å²) < 4.78 is 32.2. The lowest BCUT2D eigenvalue weighted by molar-refractivity contribution is -0.145. The fraction of sp³-hybridized carbons (Fsp3) is 0.621. The number of fused-ring (bicyclic) bond motifs is 1. The van der Waals surface area contributed by atoms with Crippen LogP contribution < -0.4 is 10.6 Å². The Bertz CT molecular complexity index is 1100. The molecule has 0 spiro atoms. The van der Waals surface area contributed by atoms with Gasteiger partial charge in [-0.15, -0.1) is 0 Å². The van der Waals surface area contributed by atoms with Crippen molar-refractivity contribution in [3.8, 4) is 0 Å². The van der Waals surface area contributed by atoms with Crippen molar-refractivity contribution in [3.05, 3.63) is 29.3 Å². The largest absolute Gasteiger partial charge is 0.463 e. The highest BCUT2D eigenvalue weighted by molar-refractivity contribution is 6.25. The molecule has 0 radical (unpaired) electrons. The van der Waals surface area contributed by atoms with E-state index in [9.17, 15) is 24.0 Å². The Morgan fingerprint density at radius 3 is 2.00 bits per heavy atom. The number of anilines is 1. The standard InChI is InChI=1S/C29H41N3O11/c1-2-4-25(34)43-20-19-42-18-17-41-16-15-40-14-13-39-12-11-38-10-9-30-22-6-3-5-21-26(22)29(37)32(28(21)36)23-7-8-24(33)31-27(23)35/h3,5-6,23,30H,2,4,7-20H2,1H3,(H,31,33,35). The second kappa shape index (κ2) is 19.0. The van der Waals surface area contributed by atoms with Crippen LogP contribution in [0.25, 0.3) is 0 Å². The topological polar surface area (TPSA) is 168 Å². The number of nitrogens with zero attached hydrogens (tertiary/aromatic N) is 1. The quantitative estimate of drug-likeness (QED) is 0.109. The summed E-state index contributed by atoms with van der Waals surface area (Å²) in [7, 11) is 0. The normalized spacial score (nSPS) is 16.4. The second-order valence-corrected chi connectivity index (χ2v) is 9.63. The van der Waals surface area contributed by atoms with E-state index in [1.807, 2.05) is 6.92 Å². The maximum atomic E-state index is 13.1. The zero-order valence-electron chi connectivity index (χ0n) is 24.6. The van der Waals surface area contributed by atoms with Crippen molar-refractivity contribution >= 4 is 35.3 Å². The molecule has 4 amide bonds. The van der Waals surface area contributed by atoms with Crippen molar-refractivity contribution in [1.29, 1.82) is 0 Å². The summed E-state index contributed by atoms with van der Waals surface area (Å²) in [4.78, 5) is 61.9. The summed E-state index contributed by atoms with van der Waals surface area (Å²) in [6, 6.07) is 3.89. The third kappa shape index (κ3) is 11.0. The number of hydrogen-bond acceptors (Lipinski definition) is 12. The predicted molar refractivity (Wildman–Crippen MR) is 152 cm³/mol. The zero-order valence-corrected chi connectivity index (χ0v) is 24.6. The maximum Gasteiger partial charge on any atom is 0.305 e. The molecule has 0 aromatic heterocycles. The number of piperidine rings is 1. The number of imide groups is 2. The molecule has 0 saturated carbocycles. The van der Waals surface area contributed by atoms with Gasteiger partial charge in [0.25, 0.3) is 11.8 Å². The number of carbonyl (C=O) groups is 5. The minimum absolute atomic E-state index is 0.0668. The van der Waals surface area contributed by atoms with Gasteiger partial charge in [-0.2, -0.15) is 0 Å². The molecule has 1 aromatic carbocycles. The lowest BCUT2D eigenvalue weighted by Gasteiger charge is -2.27. The van der Waals surface area contributed by atoms with Crippen molar-refractivity contribution in [1.82, 2.24) is 10.2 Å². The number of ether oxygens (including phenoxy) is 6. The average Bonchev–Trinajstić information content (AvgIpc) is 3.24. The summed E-state index contributed by atoms with van der Waals surface area (Å²) in [6.45, 7) is 6.55. The van der Waals surface area contributed by atoms with Gasteiger partial charge < -0.3 is 33.7 Å². The van der Waals surface area contributed by atoms with Gasteiger partial charge >= 0.3 is 5.97 Å². The molecule has 1 aromatic rings. The molecule has 1 atom stereocenters. The molecular formula is C29H41N3O11. The number of benzene rings is 1. The molecule has 2 aliphatic rings. The van der Waals surface area contributed by atoms with E-state index in [0.717, 1.165) is 11.3 Å². The van der Waals surface area contributed by atoms with Crippen LogP contribution >= 0.6 is 0 Å². The highest BCUT2D eigenvalue weighted by Crippen LogP contribution is 2.32. The maximum absolute atomic E-state index is 13.1. The number of esters is 1. The van der Waals surface area contributed by atoms with Crippen LogP contribution in [0.3, 0.4) is 0 Å². The van der Waals surface area contributed by atoms with Gasteiger partial charge in [0.05, 0.1) is 77.2 Å². The Morgan fingerprint density at radius 2 is 1.42 bits per heavy atom. The Morgan fingerprint density at radius 1 is 0.837 bits per heavy atom. The van der Waals surface area contributed by atoms with Gasteiger partial charge in [-0.25, -0.2) is 0 Å². The molecule has 238 valence electrons. The summed E-state index contributed by atoms with van der Waals surface area (Å²) >= 11 is 0. The van der Waals surface area contributed by atoms with E-state index in [0.29, 0.717) is 84.7 Å². The van der Waals surface area contributed by atoms with Crippen LogP contribution in [0.5, 0.6) is 0 Å². The van der Waals surface area contributed by atoms with Crippen LogP contribution in [0.15, 0.2) is 18.2 Å². The fourth-order valence-electron chi connectivity index (χ4n) is 4.39. The van der Waals surface area contributed by atoms with E-state index in [2.05, 4.69) is 10.6 Å². The number of amides is 4. The Kier molecular flexibility index (Phi) is 15.0. The summed E-state index contributed by atoms with van der Waals surface area (Å²) in [5.41, 5.74) is 0.904. The van der Waals surface area contributed by atoms with E-state index in [1.165, 1.54) is 0 Å². The number of carbonyl (C=O) groups excluding carboxylic acids is 5. The Hall–Kier alpha value is -3.43. The minimum atomic E-state index is -1.01. The number of rotatable bonds is 22. The van der Waals surface area contributed by atoms with Gasteiger partial charge in [-0.05, 0) is 25.0 Å². The molecule has 2 heterocycles. The van der Waals surface area contributed by atoms with Gasteiger partial charge in [-0.3, -0.25) is 34.2 Å². The van der Waals surface area contributed by atoms with E-state index >= 15 is 0 Å². The van der Waals surface area contributed by atoms with Crippen LogP contribution in [0.2, 0.25) is 0 Å². The van der Waals surface area contributed by atoms with Crippen LogP contribution in [0.1, 0.15) is 53.3 Å². The predicted octanol–water partition coefficient (Wildman–Crippen LogP) is 0.926. The molecule has 14 nitrogen and oxygen atoms in total. The summed E-state index contributed by atoms with van der Waals surface area (Å²) in [6.07, 6.45) is 1.36. The van der Waals surface area contributed by atoms with Gasteiger partial charge in [0.15, 0.2) is 0 Å². The van der Waals surface area contributed by atoms with Gasteiger partial charge in [0, 0.05) is 25.1 Å². The van der Waals surface area contributed by atoms with Crippen molar-refractivity contribution < 1.29 is 52.4 Å². The highest BCUT2D eigenvalue weighted by Gasteiger charge is 2.45. The molecule has 1 unspecified atom stereocenters. The third-order valence-corrected chi connectivity index (χ3v) is 6.46. The Balaban J connectivity index is 1.17. The molecule has 43 heavy (non-hydrogen) atoms. The first-order chi connectivity index (χ1) is 20.9. The first-order valence-electron chi connectivity index (χ1n) is 14.6. The molecule has 1 saturated heterocycles. The van der Waals surface area contributed by atoms with Gasteiger partial charge in [0.1, 0.15) is 12.6 Å². The van der Waals surface area contributed by atoms with Crippen molar-refractivity contribution in [3.63, 3.8) is 0 Å². The molecule has 0 aliphatic carbocycles. The smallest absolute Gasteiger partial charge is 0.305 e. The molecule has 14 heteroatoms. The van der Waals surface area contributed by atoms with Crippen LogP contribution in [-0.4, -0.2) is 120 Å². The van der Waals surface area contributed by atoms with E-state index in [1.54, 1.807) is 18.2 Å². The van der Waals surface area contributed by atoms with Crippen molar-refractivity contribution in [2.24, 2.45) is 0 Å². The van der Waals surface area contributed by atoms with Crippen LogP contribution in [-0.2, 0) is 42.8 Å². The molecule has 3 rings (SSSR count). The van der Waals surface area contributed by atoms with E-state index in [4.69, 9.17) is 28.4 Å². The number of hydrogen-bond donors (Lipinski definition) is 2. The molecular weight excluding hydrogens is 566 g/mol. The molecule has 1 fully saturated rings. The molecule has 0 bridgehead atoms. The summed E-state index contributed by atoms with van der Waals surface area (Å²) in [5, 5.41) is 5.31. The third-order valence-electron chi connectivity index (χ3n) is 6.46. The highest BCUT2D eigenvalue weighted by atomic mass is 16.6. The second-order valence-electron chi connectivity index (χ2n) is 9.63. The van der Waals surface area contributed by atoms with Crippen LogP contribution in [0, 0.1) is 0 Å². The number of nitrogens with one attached hydrogen (secondary N) is 2. The lowest BCUT2D eigenvalue weighted by Crippen LogP contribution is -2.54. The fourth-order valence-corrected chi connectivity index (χ4v) is 4.39. The van der Waals surface area contributed by atoms with Crippen molar-refractivity contribution in [2.75, 3.05) is 84.5 Å². The first-order valence-corrected chi connectivity index (χ1v) is 14.6. The molecule has 2 N–H and O–H groups in total. The molecule has 2 aliphatic heterocycles. The van der Waals surface area contributed by atoms with Gasteiger partial charge in [-0.1, -0.05) is 13.0 Å². The minimum Gasteiger partial charge on any atom is -0.463 e. The SMILES string of the molecule is CCCC(=O)OCCOCCOCCOCCOCCOCCNc1cccc2c1C(=O)N(C1CCC(=O)NC1=O)C2=O. The van der Waals surface area contributed by atoms with Crippen molar-refractivity contribution in [2.45, 2.75) is 38.6 Å².